The van der Waals surface area contributed by atoms with Crippen molar-refractivity contribution in [1.82, 2.24) is 0 Å². The topological polar surface area (TPSA) is 63.7 Å². The normalized spacial score (nSPS) is 12.8. The van der Waals surface area contributed by atoms with Gasteiger partial charge in [-0.2, -0.15) is 0 Å². The van der Waals surface area contributed by atoms with E-state index in [9.17, 15) is 18.8 Å². The van der Waals surface area contributed by atoms with Gasteiger partial charge in [-0.25, -0.2) is 14.1 Å². The van der Waals surface area contributed by atoms with Gasteiger partial charge >= 0.3 is 5.97 Å². The molecule has 0 bridgehead atoms. The van der Waals surface area contributed by atoms with Crippen molar-refractivity contribution in [2.75, 3.05) is 4.90 Å². The molecule has 0 aromatic heterocycles. The molecule has 144 valence electrons. The van der Waals surface area contributed by atoms with Gasteiger partial charge in [0.25, 0.3) is 11.8 Å². The van der Waals surface area contributed by atoms with Crippen molar-refractivity contribution in [2.24, 2.45) is 0 Å². The number of aryl methyl sites for hydroxylation is 1. The molecule has 0 saturated heterocycles. The van der Waals surface area contributed by atoms with E-state index in [1.54, 1.807) is 0 Å². The Hall–Kier alpha value is -3.80. The maximum atomic E-state index is 13.2. The number of esters is 1. The zero-order valence-corrected chi connectivity index (χ0v) is 15.5. The van der Waals surface area contributed by atoms with Crippen LogP contribution in [0.5, 0.6) is 0 Å². The van der Waals surface area contributed by atoms with Crippen molar-refractivity contribution < 1.29 is 23.5 Å². The van der Waals surface area contributed by atoms with Crippen LogP contribution < -0.4 is 4.90 Å². The highest BCUT2D eigenvalue weighted by Crippen LogP contribution is 2.29. The molecular weight excluding hydrogens is 373 g/mol. The number of halogens is 1. The number of anilines is 1. The molecule has 1 heterocycles. The number of hydrogen-bond acceptors (Lipinski definition) is 4. The Kier molecular flexibility index (Phi) is 4.68. The third-order valence-electron chi connectivity index (χ3n) is 4.66. The second kappa shape index (κ2) is 7.31. The summed E-state index contributed by atoms with van der Waals surface area (Å²) in [5.74, 6) is -2.14. The van der Waals surface area contributed by atoms with Crippen LogP contribution in [0.25, 0.3) is 0 Å². The molecule has 3 aromatic rings. The molecule has 0 spiro atoms. The molecule has 3 aromatic carbocycles. The van der Waals surface area contributed by atoms with Gasteiger partial charge in [0.05, 0.1) is 22.4 Å². The van der Waals surface area contributed by atoms with E-state index >= 15 is 0 Å². The molecule has 29 heavy (non-hydrogen) atoms. The Labute approximate surface area is 166 Å². The summed E-state index contributed by atoms with van der Waals surface area (Å²) in [4.78, 5) is 38.7. The summed E-state index contributed by atoms with van der Waals surface area (Å²) < 4.78 is 18.5. The summed E-state index contributed by atoms with van der Waals surface area (Å²) in [6.45, 7) is 2.05. The molecule has 0 radical (unpaired) electrons. The number of ether oxygens (including phenoxy) is 1. The van der Waals surface area contributed by atoms with E-state index in [1.807, 2.05) is 31.2 Å². The monoisotopic (exact) mass is 389 g/mol. The summed E-state index contributed by atoms with van der Waals surface area (Å²) >= 11 is 0. The highest BCUT2D eigenvalue weighted by molar-refractivity contribution is 6.34. The maximum absolute atomic E-state index is 13.2. The van der Waals surface area contributed by atoms with Gasteiger partial charge in [0.1, 0.15) is 12.4 Å². The number of amides is 2. The summed E-state index contributed by atoms with van der Waals surface area (Å²) in [5.41, 5.74) is 2.66. The number of carbonyl (C=O) groups is 3. The molecule has 6 heteroatoms. The molecule has 0 unspecified atom stereocenters. The Bertz CT molecular complexity index is 1140. The Morgan fingerprint density at radius 1 is 0.931 bits per heavy atom. The Morgan fingerprint density at radius 3 is 2.38 bits per heavy atom. The number of nitrogens with zero attached hydrogens (tertiary/aromatic N) is 1. The number of fused-ring (bicyclic) bond motifs is 1. The standard InChI is InChI=1S/C23H16FNO4/c1-14-3-2-4-15(11-14)13-29-23(28)16-5-10-19-20(12-16)22(27)25(21(19)26)18-8-6-17(24)7-9-18/h2-12H,13H2,1H3. The van der Waals surface area contributed by atoms with E-state index in [0.717, 1.165) is 16.0 Å². The van der Waals surface area contributed by atoms with E-state index < -0.39 is 23.6 Å². The fraction of sp³-hybridized carbons (Fsp3) is 0.0870. The lowest BCUT2D eigenvalue weighted by Gasteiger charge is -2.13. The largest absolute Gasteiger partial charge is 0.457 e. The van der Waals surface area contributed by atoms with E-state index in [1.165, 1.54) is 42.5 Å². The van der Waals surface area contributed by atoms with Crippen molar-refractivity contribution in [3.05, 3.63) is 100 Å². The smallest absolute Gasteiger partial charge is 0.338 e. The first-order chi connectivity index (χ1) is 13.9. The second-order valence-electron chi connectivity index (χ2n) is 6.75. The molecule has 0 atom stereocenters. The first-order valence-corrected chi connectivity index (χ1v) is 8.95. The van der Waals surface area contributed by atoms with Gasteiger partial charge in [0.15, 0.2) is 0 Å². The van der Waals surface area contributed by atoms with Gasteiger partial charge in [-0.3, -0.25) is 9.59 Å². The Balaban J connectivity index is 1.55. The SMILES string of the molecule is Cc1cccc(COC(=O)c2ccc3c(c2)C(=O)N(c2ccc(F)cc2)C3=O)c1. The van der Waals surface area contributed by atoms with E-state index in [4.69, 9.17) is 4.74 Å². The van der Waals surface area contributed by atoms with E-state index in [2.05, 4.69) is 0 Å². The van der Waals surface area contributed by atoms with Crippen LogP contribution in [0.4, 0.5) is 10.1 Å². The molecule has 1 aliphatic heterocycles. The minimum absolute atomic E-state index is 0.103. The third-order valence-corrected chi connectivity index (χ3v) is 4.66. The molecule has 5 nitrogen and oxygen atoms in total. The molecular formula is C23H16FNO4. The number of imide groups is 1. The lowest BCUT2D eigenvalue weighted by atomic mass is 10.1. The first kappa shape index (κ1) is 18.6. The first-order valence-electron chi connectivity index (χ1n) is 8.95. The van der Waals surface area contributed by atoms with Crippen LogP contribution in [0.2, 0.25) is 0 Å². The minimum Gasteiger partial charge on any atom is -0.457 e. The van der Waals surface area contributed by atoms with Gasteiger partial charge in [-0.15, -0.1) is 0 Å². The van der Waals surface area contributed by atoms with Crippen molar-refractivity contribution in [3.63, 3.8) is 0 Å². The van der Waals surface area contributed by atoms with Crippen molar-refractivity contribution >= 4 is 23.5 Å². The Morgan fingerprint density at radius 2 is 1.66 bits per heavy atom. The van der Waals surface area contributed by atoms with Crippen LogP contribution in [-0.4, -0.2) is 17.8 Å². The zero-order valence-electron chi connectivity index (χ0n) is 15.5. The highest BCUT2D eigenvalue weighted by atomic mass is 19.1. The van der Waals surface area contributed by atoms with Crippen molar-refractivity contribution in [1.29, 1.82) is 0 Å². The average Bonchev–Trinajstić information content (AvgIpc) is 2.97. The highest BCUT2D eigenvalue weighted by Gasteiger charge is 2.37. The summed E-state index contributed by atoms with van der Waals surface area (Å²) in [7, 11) is 0. The van der Waals surface area contributed by atoms with Crippen molar-refractivity contribution in [2.45, 2.75) is 13.5 Å². The third kappa shape index (κ3) is 3.52. The summed E-state index contributed by atoms with van der Waals surface area (Å²) in [5, 5.41) is 0. The number of hydrogen-bond donors (Lipinski definition) is 0. The molecule has 2 amide bonds. The lowest BCUT2D eigenvalue weighted by Crippen LogP contribution is -2.29. The maximum Gasteiger partial charge on any atom is 0.338 e. The van der Waals surface area contributed by atoms with Gasteiger partial charge in [-0.1, -0.05) is 29.8 Å². The van der Waals surface area contributed by atoms with E-state index in [-0.39, 0.29) is 29.0 Å². The van der Waals surface area contributed by atoms with Crippen LogP contribution in [0.3, 0.4) is 0 Å². The van der Waals surface area contributed by atoms with Crippen LogP contribution in [0.1, 0.15) is 42.2 Å². The predicted molar refractivity (Wildman–Crippen MR) is 104 cm³/mol. The van der Waals surface area contributed by atoms with Gasteiger partial charge in [-0.05, 0) is 55.0 Å². The molecule has 0 N–H and O–H groups in total. The molecule has 1 aliphatic rings. The number of carbonyl (C=O) groups excluding carboxylic acids is 3. The zero-order chi connectivity index (χ0) is 20.5. The van der Waals surface area contributed by atoms with Gasteiger partial charge < -0.3 is 4.74 Å². The van der Waals surface area contributed by atoms with Crippen LogP contribution in [0, 0.1) is 12.7 Å². The summed E-state index contributed by atoms with van der Waals surface area (Å²) in [6, 6.07) is 16.9. The number of benzene rings is 3. The fourth-order valence-corrected chi connectivity index (χ4v) is 3.23. The predicted octanol–water partition coefficient (Wildman–Crippen LogP) is 4.29. The van der Waals surface area contributed by atoms with Crippen molar-refractivity contribution in [3.8, 4) is 0 Å². The van der Waals surface area contributed by atoms with Crippen LogP contribution in [-0.2, 0) is 11.3 Å². The van der Waals surface area contributed by atoms with Crippen LogP contribution in [0.15, 0.2) is 66.7 Å². The average molecular weight is 389 g/mol. The summed E-state index contributed by atoms with van der Waals surface area (Å²) in [6.07, 6.45) is 0. The fourth-order valence-electron chi connectivity index (χ4n) is 3.23. The molecule has 0 saturated carbocycles. The number of rotatable bonds is 4. The second-order valence-corrected chi connectivity index (χ2v) is 6.75. The van der Waals surface area contributed by atoms with E-state index in [0.29, 0.717) is 0 Å². The van der Waals surface area contributed by atoms with Gasteiger partial charge in [0.2, 0.25) is 0 Å². The lowest BCUT2D eigenvalue weighted by molar-refractivity contribution is 0.0472. The minimum atomic E-state index is -0.588. The van der Waals surface area contributed by atoms with Crippen LogP contribution >= 0.6 is 0 Å². The quantitative estimate of drug-likeness (QED) is 0.493. The van der Waals surface area contributed by atoms with Gasteiger partial charge in [0, 0.05) is 0 Å². The molecule has 4 rings (SSSR count). The molecule has 0 fully saturated rings. The molecule has 0 aliphatic carbocycles.